The number of nitrogens with zero attached hydrogens (tertiary/aromatic N) is 3. The fourth-order valence-corrected chi connectivity index (χ4v) is 3.40. The Hall–Kier alpha value is -0.800. The van der Waals surface area contributed by atoms with Crippen molar-refractivity contribution >= 4 is 62.5 Å². The highest BCUT2D eigenvalue weighted by molar-refractivity contribution is 7.99. The van der Waals surface area contributed by atoms with E-state index in [2.05, 4.69) is 19.7 Å². The fourth-order valence-electron chi connectivity index (χ4n) is 1.59. The van der Waals surface area contributed by atoms with Crippen molar-refractivity contribution in [3.05, 3.63) is 39.1 Å². The third kappa shape index (κ3) is 5.65. The van der Waals surface area contributed by atoms with E-state index in [0.717, 1.165) is 11.8 Å². The molecular formula is C12H11Cl3N4O2S2. The van der Waals surface area contributed by atoms with Gasteiger partial charge in [0.2, 0.25) is 21.3 Å². The molecule has 124 valence electrons. The summed E-state index contributed by atoms with van der Waals surface area (Å²) >= 11 is 19.0. The number of benzene rings is 1. The van der Waals surface area contributed by atoms with Crippen LogP contribution in [0.3, 0.4) is 0 Å². The first kappa shape index (κ1) is 18.5. The highest BCUT2D eigenvalue weighted by Gasteiger charge is 2.14. The molecule has 1 unspecified atom stereocenters. The molecule has 6 nitrogen and oxygen atoms in total. The van der Waals surface area contributed by atoms with Crippen LogP contribution in [0.2, 0.25) is 15.3 Å². The normalized spacial score (nSPS) is 12.9. The van der Waals surface area contributed by atoms with Crippen LogP contribution < -0.4 is 4.72 Å². The van der Waals surface area contributed by atoms with Crippen LogP contribution in [0.25, 0.3) is 0 Å². The second kappa shape index (κ2) is 7.40. The molecule has 0 saturated carbocycles. The molecular weight excluding hydrogens is 403 g/mol. The van der Waals surface area contributed by atoms with Crippen molar-refractivity contribution in [3.8, 4) is 0 Å². The largest absolute Gasteiger partial charge is 0.251 e. The highest BCUT2D eigenvalue weighted by atomic mass is 35.5. The first-order chi connectivity index (χ1) is 10.6. The van der Waals surface area contributed by atoms with E-state index in [9.17, 15) is 8.42 Å². The zero-order chi connectivity index (χ0) is 17.2. The minimum atomic E-state index is -3.50. The van der Waals surface area contributed by atoms with Crippen molar-refractivity contribution < 1.29 is 8.42 Å². The quantitative estimate of drug-likeness (QED) is 0.744. The van der Waals surface area contributed by atoms with Gasteiger partial charge in [0.1, 0.15) is 0 Å². The molecule has 11 heteroatoms. The second-order valence-electron chi connectivity index (χ2n) is 4.52. The zero-order valence-electron chi connectivity index (χ0n) is 11.9. The molecule has 0 radical (unpaired) electrons. The smallest absolute Gasteiger partial charge is 0.241 e. The van der Waals surface area contributed by atoms with Crippen LogP contribution in [0.15, 0.2) is 23.4 Å². The highest BCUT2D eigenvalue weighted by Crippen LogP contribution is 2.35. The summed E-state index contributed by atoms with van der Waals surface area (Å²) in [5, 5.41) is 1.04. The summed E-state index contributed by atoms with van der Waals surface area (Å²) in [4.78, 5) is 11.7. The molecule has 2 rings (SSSR count). The first-order valence-corrected chi connectivity index (χ1v) is 10.1. The van der Waals surface area contributed by atoms with Gasteiger partial charge in [-0.15, -0.1) is 0 Å². The van der Waals surface area contributed by atoms with Crippen molar-refractivity contribution in [1.82, 2.24) is 15.0 Å². The minimum Gasteiger partial charge on any atom is -0.251 e. The Labute approximate surface area is 153 Å². The molecule has 0 aliphatic carbocycles. The summed E-state index contributed by atoms with van der Waals surface area (Å²) in [5.74, 6) is -0.128. The lowest BCUT2D eigenvalue weighted by Gasteiger charge is -2.12. The van der Waals surface area contributed by atoms with Gasteiger partial charge in [0.05, 0.1) is 16.3 Å². The molecule has 0 spiro atoms. The van der Waals surface area contributed by atoms with Crippen LogP contribution in [-0.2, 0) is 10.0 Å². The Morgan fingerprint density at radius 1 is 1.13 bits per heavy atom. The Morgan fingerprint density at radius 3 is 2.43 bits per heavy atom. The molecule has 1 aromatic heterocycles. The number of sulfonamides is 1. The summed E-state index contributed by atoms with van der Waals surface area (Å²) in [7, 11) is -3.50. The number of anilines is 1. The summed E-state index contributed by atoms with van der Waals surface area (Å²) in [5.41, 5.74) is 0.915. The lowest BCUT2D eigenvalue weighted by atomic mass is 10.2. The molecule has 1 aromatic carbocycles. The molecule has 2 aromatic rings. The maximum atomic E-state index is 11.2. The molecule has 0 aliphatic heterocycles. The third-order valence-electron chi connectivity index (χ3n) is 2.56. The van der Waals surface area contributed by atoms with E-state index in [-0.39, 0.29) is 21.6 Å². The number of aromatic nitrogens is 3. The maximum absolute atomic E-state index is 11.2. The molecule has 0 aliphatic rings. The van der Waals surface area contributed by atoms with Crippen molar-refractivity contribution in [2.75, 3.05) is 11.0 Å². The molecule has 1 N–H and O–H groups in total. The summed E-state index contributed by atoms with van der Waals surface area (Å²) in [6.45, 7) is 1.92. The monoisotopic (exact) mass is 412 g/mol. The standard InChI is InChI=1S/C12H11Cl3N4O2S2/c1-6(7-3-4-8(13)9(14)5-7)22-12-17-10(15)16-11(18-12)19-23(2,20)21/h3-6H,1-2H3,(H,16,17,18,19). The zero-order valence-corrected chi connectivity index (χ0v) is 15.8. The predicted octanol–water partition coefficient (Wildman–Crippen LogP) is 4.06. The van der Waals surface area contributed by atoms with Crippen LogP contribution in [-0.4, -0.2) is 29.6 Å². The van der Waals surface area contributed by atoms with Crippen LogP contribution in [0.1, 0.15) is 17.7 Å². The number of rotatable bonds is 5. The van der Waals surface area contributed by atoms with E-state index in [1.807, 2.05) is 13.0 Å². The van der Waals surface area contributed by atoms with Crippen molar-refractivity contribution in [1.29, 1.82) is 0 Å². The third-order valence-corrected chi connectivity index (χ3v) is 5.04. The summed E-state index contributed by atoms with van der Waals surface area (Å²) in [6, 6.07) is 5.29. The van der Waals surface area contributed by atoms with Gasteiger partial charge < -0.3 is 0 Å². The predicted molar refractivity (Wildman–Crippen MR) is 94.0 cm³/mol. The van der Waals surface area contributed by atoms with Gasteiger partial charge in [-0.1, -0.05) is 41.0 Å². The molecule has 0 saturated heterocycles. The van der Waals surface area contributed by atoms with Gasteiger partial charge in [-0.3, -0.25) is 4.72 Å². The van der Waals surface area contributed by atoms with Crippen LogP contribution in [0, 0.1) is 0 Å². The Kier molecular flexibility index (Phi) is 5.96. The number of nitrogens with one attached hydrogen (secondary N) is 1. The van der Waals surface area contributed by atoms with Crippen molar-refractivity contribution in [3.63, 3.8) is 0 Å². The van der Waals surface area contributed by atoms with Gasteiger partial charge in [0.15, 0.2) is 5.16 Å². The fraction of sp³-hybridized carbons (Fsp3) is 0.250. The van der Waals surface area contributed by atoms with Gasteiger partial charge in [-0.2, -0.15) is 15.0 Å². The topological polar surface area (TPSA) is 84.8 Å². The van der Waals surface area contributed by atoms with Crippen molar-refractivity contribution in [2.45, 2.75) is 17.3 Å². The Morgan fingerprint density at radius 2 is 1.83 bits per heavy atom. The molecule has 0 fully saturated rings. The molecule has 1 heterocycles. The Balaban J connectivity index is 2.23. The minimum absolute atomic E-state index is 0.0608. The number of thioether (sulfide) groups is 1. The van der Waals surface area contributed by atoms with Crippen LogP contribution in [0.4, 0.5) is 5.95 Å². The number of hydrogen-bond donors (Lipinski definition) is 1. The second-order valence-corrected chi connectivity index (χ2v) is 8.73. The van der Waals surface area contributed by atoms with Gasteiger partial charge in [0, 0.05) is 5.25 Å². The SMILES string of the molecule is CC(Sc1nc(Cl)nc(NS(C)(=O)=O)n1)c1ccc(Cl)c(Cl)c1. The lowest BCUT2D eigenvalue weighted by molar-refractivity contribution is 0.606. The average molecular weight is 414 g/mol. The van der Waals surface area contributed by atoms with E-state index in [1.165, 1.54) is 11.8 Å². The molecule has 23 heavy (non-hydrogen) atoms. The molecule has 0 bridgehead atoms. The van der Waals surface area contributed by atoms with Gasteiger partial charge in [-0.05, 0) is 36.2 Å². The number of halogens is 3. The van der Waals surface area contributed by atoms with E-state index >= 15 is 0 Å². The van der Waals surface area contributed by atoms with Crippen LogP contribution in [0.5, 0.6) is 0 Å². The van der Waals surface area contributed by atoms with E-state index in [4.69, 9.17) is 34.8 Å². The van der Waals surface area contributed by atoms with Gasteiger partial charge >= 0.3 is 0 Å². The summed E-state index contributed by atoms with van der Waals surface area (Å²) in [6.07, 6.45) is 0.996. The van der Waals surface area contributed by atoms with E-state index in [1.54, 1.807) is 12.1 Å². The Bertz CT molecular complexity index is 833. The molecule has 0 amide bonds. The average Bonchev–Trinajstić information content (AvgIpc) is 2.39. The lowest BCUT2D eigenvalue weighted by Crippen LogP contribution is -2.13. The van der Waals surface area contributed by atoms with Crippen molar-refractivity contribution in [2.24, 2.45) is 0 Å². The van der Waals surface area contributed by atoms with Gasteiger partial charge in [0.25, 0.3) is 0 Å². The first-order valence-electron chi connectivity index (χ1n) is 6.15. The van der Waals surface area contributed by atoms with E-state index < -0.39 is 10.0 Å². The number of hydrogen-bond acceptors (Lipinski definition) is 6. The summed E-state index contributed by atoms with van der Waals surface area (Å²) < 4.78 is 24.7. The maximum Gasteiger partial charge on any atom is 0.241 e. The van der Waals surface area contributed by atoms with E-state index in [0.29, 0.717) is 10.0 Å². The molecule has 1 atom stereocenters. The van der Waals surface area contributed by atoms with Crippen LogP contribution >= 0.6 is 46.6 Å². The van der Waals surface area contributed by atoms with Gasteiger partial charge in [-0.25, -0.2) is 8.42 Å².